The van der Waals surface area contributed by atoms with Crippen LogP contribution in [0.5, 0.6) is 0 Å². The molecule has 3 rings (SSSR count). The van der Waals surface area contributed by atoms with Gasteiger partial charge in [-0.15, -0.1) is 0 Å². The van der Waals surface area contributed by atoms with Gasteiger partial charge in [0.2, 0.25) is 0 Å². The number of hydrogen-bond acceptors (Lipinski definition) is 4. The van der Waals surface area contributed by atoms with Crippen LogP contribution in [0.25, 0.3) is 0 Å². The molecule has 4 heteroatoms. The zero-order valence-corrected chi connectivity index (χ0v) is 11.3. The molecule has 104 valence electrons. The van der Waals surface area contributed by atoms with Crippen LogP contribution >= 0.6 is 0 Å². The van der Waals surface area contributed by atoms with Gasteiger partial charge in [0, 0.05) is 35.3 Å². The van der Waals surface area contributed by atoms with Crippen LogP contribution in [0.15, 0.2) is 42.5 Å². The second-order valence-electron chi connectivity index (χ2n) is 4.81. The van der Waals surface area contributed by atoms with Gasteiger partial charge in [-0.2, -0.15) is 0 Å². The van der Waals surface area contributed by atoms with Crippen LogP contribution in [0.3, 0.4) is 0 Å². The summed E-state index contributed by atoms with van der Waals surface area (Å²) in [5, 5.41) is 3.05. The van der Waals surface area contributed by atoms with Crippen LogP contribution in [0.4, 0.5) is 5.69 Å². The van der Waals surface area contributed by atoms with Gasteiger partial charge in [-0.05, 0) is 6.07 Å². The summed E-state index contributed by atoms with van der Waals surface area (Å²) in [5.41, 5.74) is 2.28. The Kier molecular flexibility index (Phi) is 3.36. The van der Waals surface area contributed by atoms with Crippen molar-refractivity contribution in [2.24, 2.45) is 0 Å². The van der Waals surface area contributed by atoms with E-state index in [4.69, 9.17) is 0 Å². The highest BCUT2D eigenvalue weighted by molar-refractivity contribution is 6.30. The molecule has 0 bridgehead atoms. The lowest BCUT2D eigenvalue weighted by Crippen LogP contribution is -2.22. The van der Waals surface area contributed by atoms with Crippen molar-refractivity contribution < 1.29 is 14.4 Å². The number of carbonyl (C=O) groups is 3. The molecule has 2 aromatic carbocycles. The number of fused-ring (bicyclic) bond motifs is 2. The van der Waals surface area contributed by atoms with Gasteiger partial charge in [-0.3, -0.25) is 9.59 Å². The number of nitrogens with one attached hydrogen (secondary N) is 1. The van der Waals surface area contributed by atoms with E-state index in [-0.39, 0.29) is 11.6 Å². The highest BCUT2D eigenvalue weighted by Crippen LogP contribution is 2.31. The third-order valence-electron chi connectivity index (χ3n) is 3.53. The zero-order chi connectivity index (χ0) is 14.8. The second kappa shape index (κ2) is 5.32. The average Bonchev–Trinajstić information content (AvgIpc) is 2.53. The van der Waals surface area contributed by atoms with E-state index in [1.54, 1.807) is 42.5 Å². The molecule has 0 saturated heterocycles. The van der Waals surface area contributed by atoms with Gasteiger partial charge in [-0.1, -0.05) is 36.4 Å². The molecular weight excluding hydrogens is 266 g/mol. The van der Waals surface area contributed by atoms with Gasteiger partial charge in [0.15, 0.2) is 11.6 Å². The van der Waals surface area contributed by atoms with E-state index in [1.807, 2.05) is 0 Å². The first-order valence-corrected chi connectivity index (χ1v) is 6.73. The van der Waals surface area contributed by atoms with Gasteiger partial charge in [0.1, 0.15) is 6.29 Å². The maximum atomic E-state index is 12.6. The first kappa shape index (κ1) is 13.2. The quantitative estimate of drug-likeness (QED) is 0.588. The highest BCUT2D eigenvalue weighted by atomic mass is 16.1. The summed E-state index contributed by atoms with van der Waals surface area (Å²) in [4.78, 5) is 35.5. The molecule has 2 aromatic rings. The van der Waals surface area contributed by atoms with E-state index in [0.29, 0.717) is 40.9 Å². The largest absolute Gasteiger partial charge is 0.384 e. The molecule has 1 aliphatic carbocycles. The Morgan fingerprint density at radius 1 is 0.857 bits per heavy atom. The molecule has 1 N–H and O–H groups in total. The SMILES string of the molecule is O=CCCNc1cccc2c1C(=O)c1ccccc1C2=O. The van der Waals surface area contributed by atoms with Gasteiger partial charge >= 0.3 is 0 Å². The average molecular weight is 279 g/mol. The summed E-state index contributed by atoms with van der Waals surface area (Å²) in [6.45, 7) is 0.434. The smallest absolute Gasteiger partial charge is 0.196 e. The molecule has 0 aromatic heterocycles. The van der Waals surface area contributed by atoms with Crippen molar-refractivity contribution in [3.05, 3.63) is 64.7 Å². The van der Waals surface area contributed by atoms with E-state index in [2.05, 4.69) is 5.32 Å². The van der Waals surface area contributed by atoms with Crippen molar-refractivity contribution in [1.82, 2.24) is 0 Å². The number of anilines is 1. The highest BCUT2D eigenvalue weighted by Gasteiger charge is 2.31. The Morgan fingerprint density at radius 3 is 2.24 bits per heavy atom. The lowest BCUT2D eigenvalue weighted by molar-refractivity contribution is -0.107. The normalized spacial score (nSPS) is 12.6. The van der Waals surface area contributed by atoms with Crippen LogP contribution < -0.4 is 5.32 Å². The molecule has 0 amide bonds. The Bertz CT molecular complexity index is 749. The third kappa shape index (κ3) is 2.14. The predicted molar refractivity (Wildman–Crippen MR) is 78.9 cm³/mol. The van der Waals surface area contributed by atoms with Crippen LogP contribution in [0.1, 0.15) is 38.3 Å². The molecule has 1 aliphatic rings. The first-order valence-electron chi connectivity index (χ1n) is 6.73. The maximum absolute atomic E-state index is 12.6. The molecule has 0 fully saturated rings. The van der Waals surface area contributed by atoms with E-state index < -0.39 is 0 Å². The fourth-order valence-electron chi connectivity index (χ4n) is 2.56. The van der Waals surface area contributed by atoms with E-state index in [1.165, 1.54) is 0 Å². The third-order valence-corrected chi connectivity index (χ3v) is 3.53. The minimum atomic E-state index is -0.158. The summed E-state index contributed by atoms with van der Waals surface area (Å²) in [6, 6.07) is 12.0. The fraction of sp³-hybridized carbons (Fsp3) is 0.118. The molecule has 0 spiro atoms. The number of rotatable bonds is 4. The van der Waals surface area contributed by atoms with Crippen molar-refractivity contribution in [1.29, 1.82) is 0 Å². The van der Waals surface area contributed by atoms with Crippen LogP contribution in [-0.2, 0) is 4.79 Å². The molecular formula is C17H13NO3. The fourth-order valence-corrected chi connectivity index (χ4v) is 2.56. The van der Waals surface area contributed by atoms with Gasteiger partial charge in [0.05, 0.1) is 5.56 Å². The number of ketones is 2. The van der Waals surface area contributed by atoms with Crippen molar-refractivity contribution in [2.45, 2.75) is 6.42 Å². The van der Waals surface area contributed by atoms with Gasteiger partial charge < -0.3 is 10.1 Å². The lowest BCUT2D eigenvalue weighted by atomic mass is 9.83. The molecule has 0 atom stereocenters. The molecule has 0 radical (unpaired) electrons. The number of benzene rings is 2. The summed E-state index contributed by atoms with van der Waals surface area (Å²) in [6.07, 6.45) is 1.16. The Labute approximate surface area is 121 Å². The summed E-state index contributed by atoms with van der Waals surface area (Å²) >= 11 is 0. The number of aldehydes is 1. The Hall–Kier alpha value is -2.75. The van der Waals surface area contributed by atoms with E-state index in [0.717, 1.165) is 6.29 Å². The maximum Gasteiger partial charge on any atom is 0.196 e. The van der Waals surface area contributed by atoms with Gasteiger partial charge in [0.25, 0.3) is 0 Å². The summed E-state index contributed by atoms with van der Waals surface area (Å²) in [5.74, 6) is -0.298. The van der Waals surface area contributed by atoms with E-state index in [9.17, 15) is 14.4 Å². The second-order valence-corrected chi connectivity index (χ2v) is 4.81. The number of hydrogen-bond donors (Lipinski definition) is 1. The zero-order valence-electron chi connectivity index (χ0n) is 11.3. The van der Waals surface area contributed by atoms with Crippen molar-refractivity contribution in [3.63, 3.8) is 0 Å². The molecule has 0 saturated carbocycles. The van der Waals surface area contributed by atoms with Gasteiger partial charge in [-0.25, -0.2) is 0 Å². The predicted octanol–water partition coefficient (Wildman–Crippen LogP) is 2.46. The lowest BCUT2D eigenvalue weighted by Gasteiger charge is -2.20. The molecule has 0 aliphatic heterocycles. The van der Waals surface area contributed by atoms with E-state index >= 15 is 0 Å². The van der Waals surface area contributed by atoms with Crippen molar-refractivity contribution >= 4 is 23.5 Å². The van der Waals surface area contributed by atoms with Crippen LogP contribution in [-0.4, -0.2) is 24.4 Å². The topological polar surface area (TPSA) is 63.2 Å². The summed E-state index contributed by atoms with van der Waals surface area (Å²) < 4.78 is 0. The number of carbonyl (C=O) groups excluding carboxylic acids is 3. The minimum absolute atomic E-state index is 0.140. The first-order chi connectivity index (χ1) is 10.2. The minimum Gasteiger partial charge on any atom is -0.384 e. The monoisotopic (exact) mass is 279 g/mol. The Morgan fingerprint density at radius 2 is 1.52 bits per heavy atom. The van der Waals surface area contributed by atoms with Crippen LogP contribution in [0.2, 0.25) is 0 Å². The molecule has 21 heavy (non-hydrogen) atoms. The molecule has 4 nitrogen and oxygen atoms in total. The van der Waals surface area contributed by atoms with Crippen LogP contribution in [0, 0.1) is 0 Å². The van der Waals surface area contributed by atoms with Crippen molar-refractivity contribution in [2.75, 3.05) is 11.9 Å². The Balaban J connectivity index is 2.10. The van der Waals surface area contributed by atoms with Crippen molar-refractivity contribution in [3.8, 4) is 0 Å². The molecule has 0 heterocycles. The molecule has 0 unspecified atom stereocenters. The summed E-state index contributed by atoms with van der Waals surface area (Å²) in [7, 11) is 0. The standard InChI is InChI=1S/C17H13NO3/c19-10-4-9-18-14-8-3-7-13-15(14)17(21)12-6-2-1-5-11(12)16(13)20/h1-3,5-8,10,18H,4,9H2.